The highest BCUT2D eigenvalue weighted by molar-refractivity contribution is 7.09. The van der Waals surface area contributed by atoms with Crippen LogP contribution in [0.2, 0.25) is 0 Å². The van der Waals surface area contributed by atoms with Crippen LogP contribution in [0.3, 0.4) is 0 Å². The second kappa shape index (κ2) is 8.90. The number of nitrogens with zero attached hydrogens (tertiary/aromatic N) is 1. The largest absolute Gasteiger partial charge is 0.344 e. The molecule has 3 N–H and O–H groups in total. The fourth-order valence-corrected chi connectivity index (χ4v) is 2.77. The Morgan fingerprint density at radius 2 is 2.17 bits per heavy atom. The van der Waals surface area contributed by atoms with Gasteiger partial charge in [-0.2, -0.15) is 0 Å². The fourth-order valence-electron chi connectivity index (χ4n) is 2.12. The minimum atomic E-state index is -0.667. The average molecular weight is 362 g/mol. The molecular formula is C15H18ClF2N3OS. The molecule has 1 heterocycles. The second-order valence-electron chi connectivity index (χ2n) is 4.81. The number of amides is 1. The van der Waals surface area contributed by atoms with Gasteiger partial charge >= 0.3 is 0 Å². The molecule has 0 bridgehead atoms. The fraction of sp³-hybridized carbons (Fsp3) is 0.333. The van der Waals surface area contributed by atoms with E-state index in [-0.39, 0.29) is 30.2 Å². The highest BCUT2D eigenvalue weighted by atomic mass is 35.5. The number of nitrogens with two attached hydrogens (primary N) is 1. The van der Waals surface area contributed by atoms with E-state index in [9.17, 15) is 13.6 Å². The van der Waals surface area contributed by atoms with Gasteiger partial charge in [0, 0.05) is 23.6 Å². The molecule has 0 aliphatic carbocycles. The van der Waals surface area contributed by atoms with Gasteiger partial charge in [-0.3, -0.25) is 4.79 Å². The van der Waals surface area contributed by atoms with Crippen molar-refractivity contribution in [3.8, 4) is 0 Å². The van der Waals surface area contributed by atoms with Gasteiger partial charge in [-0.05, 0) is 12.5 Å². The molecule has 1 unspecified atom stereocenters. The summed E-state index contributed by atoms with van der Waals surface area (Å²) in [5, 5.41) is 5.02. The molecule has 2 aromatic rings. The van der Waals surface area contributed by atoms with Crippen LogP contribution in [-0.2, 0) is 6.54 Å². The predicted molar refractivity (Wildman–Crippen MR) is 88.7 cm³/mol. The van der Waals surface area contributed by atoms with Crippen molar-refractivity contribution in [3.63, 3.8) is 0 Å². The molecule has 4 nitrogen and oxygen atoms in total. The molecule has 8 heteroatoms. The SMILES string of the molecule is CCCC(NC(=O)c1csc(CN)n1)c1ccc(F)cc1F.Cl. The summed E-state index contributed by atoms with van der Waals surface area (Å²) in [6.45, 7) is 2.19. The highest BCUT2D eigenvalue weighted by Crippen LogP contribution is 2.23. The molecule has 0 fully saturated rings. The summed E-state index contributed by atoms with van der Waals surface area (Å²) in [6, 6.07) is 2.83. The van der Waals surface area contributed by atoms with Gasteiger partial charge in [-0.15, -0.1) is 23.7 Å². The summed E-state index contributed by atoms with van der Waals surface area (Å²) >= 11 is 1.30. The standard InChI is InChI=1S/C15H17F2N3OS.ClH/c1-2-3-12(10-5-4-9(16)6-11(10)17)20-15(21)13-8-22-14(7-18)19-13;/h4-6,8,12H,2-3,7,18H2,1H3,(H,20,21);1H. The average Bonchev–Trinajstić information content (AvgIpc) is 2.96. The van der Waals surface area contributed by atoms with E-state index < -0.39 is 23.6 Å². The molecule has 0 saturated heterocycles. The molecule has 0 spiro atoms. The van der Waals surface area contributed by atoms with E-state index in [2.05, 4.69) is 10.3 Å². The monoisotopic (exact) mass is 361 g/mol. The predicted octanol–water partition coefficient (Wildman–Crippen LogP) is 3.57. The van der Waals surface area contributed by atoms with Crippen LogP contribution >= 0.6 is 23.7 Å². The van der Waals surface area contributed by atoms with Crippen molar-refractivity contribution < 1.29 is 13.6 Å². The lowest BCUT2D eigenvalue weighted by Crippen LogP contribution is -2.29. The first kappa shape index (κ1) is 19.5. The van der Waals surface area contributed by atoms with Crippen LogP contribution in [0.25, 0.3) is 0 Å². The Kier molecular flexibility index (Phi) is 7.54. The van der Waals surface area contributed by atoms with Crippen LogP contribution in [0, 0.1) is 11.6 Å². The first-order chi connectivity index (χ1) is 10.5. The lowest BCUT2D eigenvalue weighted by atomic mass is 10.0. The number of hydrogen-bond acceptors (Lipinski definition) is 4. The topological polar surface area (TPSA) is 68.0 Å². The molecule has 0 saturated carbocycles. The van der Waals surface area contributed by atoms with Gasteiger partial charge in [-0.25, -0.2) is 13.8 Å². The summed E-state index contributed by atoms with van der Waals surface area (Å²) in [6.07, 6.45) is 1.29. The summed E-state index contributed by atoms with van der Waals surface area (Å²) in [4.78, 5) is 16.3. The number of halogens is 3. The molecule has 1 amide bonds. The Morgan fingerprint density at radius 3 is 2.74 bits per heavy atom. The Labute approximate surface area is 143 Å². The molecule has 1 atom stereocenters. The molecule has 126 valence electrons. The van der Waals surface area contributed by atoms with E-state index in [0.717, 1.165) is 12.5 Å². The number of carbonyl (C=O) groups excluding carboxylic acids is 1. The van der Waals surface area contributed by atoms with Crippen LogP contribution in [0.1, 0.15) is 46.9 Å². The Hall–Kier alpha value is -1.57. The van der Waals surface area contributed by atoms with Gasteiger partial charge in [0.15, 0.2) is 0 Å². The zero-order valence-electron chi connectivity index (χ0n) is 12.5. The number of carbonyl (C=O) groups is 1. The number of nitrogens with one attached hydrogen (secondary N) is 1. The van der Waals surface area contributed by atoms with Crippen LogP contribution in [-0.4, -0.2) is 10.9 Å². The highest BCUT2D eigenvalue weighted by Gasteiger charge is 2.20. The van der Waals surface area contributed by atoms with Crippen molar-refractivity contribution in [2.24, 2.45) is 5.73 Å². The van der Waals surface area contributed by atoms with Crippen molar-refractivity contribution in [2.75, 3.05) is 0 Å². The number of rotatable bonds is 6. The second-order valence-corrected chi connectivity index (χ2v) is 5.75. The molecule has 0 aliphatic rings. The zero-order chi connectivity index (χ0) is 16.1. The van der Waals surface area contributed by atoms with Crippen molar-refractivity contribution in [3.05, 3.63) is 51.5 Å². The molecule has 1 aromatic heterocycles. The smallest absolute Gasteiger partial charge is 0.271 e. The van der Waals surface area contributed by atoms with Crippen LogP contribution in [0.4, 0.5) is 8.78 Å². The van der Waals surface area contributed by atoms with E-state index in [1.54, 1.807) is 5.38 Å². The van der Waals surface area contributed by atoms with E-state index in [0.29, 0.717) is 11.4 Å². The lowest BCUT2D eigenvalue weighted by molar-refractivity contribution is 0.0929. The third-order valence-electron chi connectivity index (χ3n) is 3.18. The van der Waals surface area contributed by atoms with Gasteiger partial charge in [0.2, 0.25) is 0 Å². The van der Waals surface area contributed by atoms with E-state index in [1.807, 2.05) is 6.92 Å². The van der Waals surface area contributed by atoms with Gasteiger partial charge in [0.25, 0.3) is 5.91 Å². The molecule has 0 aliphatic heterocycles. The third kappa shape index (κ3) is 4.95. The number of aromatic nitrogens is 1. The maximum Gasteiger partial charge on any atom is 0.271 e. The van der Waals surface area contributed by atoms with E-state index in [4.69, 9.17) is 5.73 Å². The van der Waals surface area contributed by atoms with Crippen LogP contribution in [0.15, 0.2) is 23.6 Å². The van der Waals surface area contributed by atoms with E-state index in [1.165, 1.54) is 23.5 Å². The minimum absolute atomic E-state index is 0. The lowest BCUT2D eigenvalue weighted by Gasteiger charge is -2.18. The first-order valence-electron chi connectivity index (χ1n) is 6.95. The number of benzene rings is 1. The summed E-state index contributed by atoms with van der Waals surface area (Å²) in [5.74, 6) is -1.70. The third-order valence-corrected chi connectivity index (χ3v) is 4.05. The maximum atomic E-state index is 13.9. The van der Waals surface area contributed by atoms with Gasteiger partial charge < -0.3 is 11.1 Å². The molecular weight excluding hydrogens is 344 g/mol. The minimum Gasteiger partial charge on any atom is -0.344 e. The molecule has 23 heavy (non-hydrogen) atoms. The molecule has 2 rings (SSSR count). The van der Waals surface area contributed by atoms with Crippen LogP contribution < -0.4 is 11.1 Å². The molecule has 1 aromatic carbocycles. The zero-order valence-corrected chi connectivity index (χ0v) is 14.1. The maximum absolute atomic E-state index is 13.9. The molecule has 0 radical (unpaired) electrons. The van der Waals surface area contributed by atoms with Gasteiger partial charge in [0.1, 0.15) is 22.3 Å². The Balaban J connectivity index is 0.00000264. The summed E-state index contributed by atoms with van der Waals surface area (Å²) < 4.78 is 26.9. The van der Waals surface area contributed by atoms with E-state index >= 15 is 0 Å². The summed E-state index contributed by atoms with van der Waals surface area (Å²) in [5.41, 5.74) is 6.00. The number of hydrogen-bond donors (Lipinski definition) is 2. The van der Waals surface area contributed by atoms with Crippen molar-refractivity contribution in [1.29, 1.82) is 0 Å². The Morgan fingerprint density at radius 1 is 1.43 bits per heavy atom. The van der Waals surface area contributed by atoms with Crippen molar-refractivity contribution in [2.45, 2.75) is 32.4 Å². The first-order valence-corrected chi connectivity index (χ1v) is 7.83. The number of thiazole rings is 1. The Bertz CT molecular complexity index is 666. The van der Waals surface area contributed by atoms with Gasteiger partial charge in [-0.1, -0.05) is 19.4 Å². The van der Waals surface area contributed by atoms with Crippen molar-refractivity contribution >= 4 is 29.7 Å². The quantitative estimate of drug-likeness (QED) is 0.826. The summed E-state index contributed by atoms with van der Waals surface area (Å²) in [7, 11) is 0. The van der Waals surface area contributed by atoms with Gasteiger partial charge in [0.05, 0.1) is 6.04 Å². The normalized spacial score (nSPS) is 11.7. The van der Waals surface area contributed by atoms with Crippen molar-refractivity contribution in [1.82, 2.24) is 10.3 Å². The van der Waals surface area contributed by atoms with Crippen LogP contribution in [0.5, 0.6) is 0 Å².